The smallest absolute Gasteiger partial charge is 0.419 e. The minimum atomic E-state index is -4.02. The highest BCUT2D eigenvalue weighted by atomic mass is 32.2. The molecule has 9 nitrogen and oxygen atoms in total. The predicted octanol–water partition coefficient (Wildman–Crippen LogP) is 2.54. The van der Waals surface area contributed by atoms with Crippen molar-refractivity contribution < 1.29 is 22.4 Å². The number of nitrogens with zero attached hydrogens (tertiary/aromatic N) is 1. The molecule has 0 fully saturated rings. The fourth-order valence-electron chi connectivity index (χ4n) is 2.80. The van der Waals surface area contributed by atoms with Gasteiger partial charge in [-0.05, 0) is 44.2 Å². The van der Waals surface area contributed by atoms with E-state index < -0.39 is 21.7 Å². The van der Waals surface area contributed by atoms with E-state index in [0.717, 1.165) is 0 Å². The Morgan fingerprint density at radius 3 is 2.59 bits per heavy atom. The van der Waals surface area contributed by atoms with Gasteiger partial charge >= 0.3 is 11.7 Å². The number of fused-ring (bicyclic) bond motifs is 1. The minimum absolute atomic E-state index is 0.0802. The third-order valence-corrected chi connectivity index (χ3v) is 5.58. The van der Waals surface area contributed by atoms with E-state index in [9.17, 15) is 18.0 Å². The Morgan fingerprint density at radius 2 is 1.90 bits per heavy atom. The molecule has 2 N–H and O–H groups in total. The van der Waals surface area contributed by atoms with Gasteiger partial charge in [0.15, 0.2) is 5.58 Å². The van der Waals surface area contributed by atoms with Crippen LogP contribution in [-0.2, 0) is 21.8 Å². The van der Waals surface area contributed by atoms with Crippen LogP contribution in [0, 0.1) is 0 Å². The number of benzene rings is 2. The highest BCUT2D eigenvalue weighted by molar-refractivity contribution is 7.92. The summed E-state index contributed by atoms with van der Waals surface area (Å²) in [6, 6.07) is 8.72. The monoisotopic (exact) mass is 419 g/mol. The van der Waals surface area contributed by atoms with Gasteiger partial charge in [0.25, 0.3) is 10.0 Å². The molecule has 10 heteroatoms. The van der Waals surface area contributed by atoms with Crippen LogP contribution >= 0.6 is 0 Å². The highest BCUT2D eigenvalue weighted by Crippen LogP contribution is 2.27. The molecule has 0 aliphatic rings. The average molecular weight is 419 g/mol. The lowest BCUT2D eigenvalue weighted by Gasteiger charge is -2.15. The van der Waals surface area contributed by atoms with Gasteiger partial charge in [0.2, 0.25) is 0 Å². The van der Waals surface area contributed by atoms with E-state index in [1.54, 1.807) is 19.1 Å². The first-order valence-electron chi connectivity index (χ1n) is 8.94. The van der Waals surface area contributed by atoms with Gasteiger partial charge in [0.05, 0.1) is 34.0 Å². The number of ether oxygens (including phenoxy) is 1. The van der Waals surface area contributed by atoms with Crippen molar-refractivity contribution in [3.05, 3.63) is 52.5 Å². The van der Waals surface area contributed by atoms with E-state index in [0.29, 0.717) is 17.7 Å². The van der Waals surface area contributed by atoms with Crippen LogP contribution in [0.15, 0.2) is 50.5 Å². The summed E-state index contributed by atoms with van der Waals surface area (Å²) in [6.07, 6.45) is 0. The maximum Gasteiger partial charge on any atom is 0.419 e. The standard InChI is InChI=1S/C19H21N3O6S/c1-4-20-14-8-6-12(18(23)27-5-2)10-15(14)21-29(25,26)13-7-9-16-17(11-13)28-19(24)22(16)3/h6-11,20-21H,4-5H2,1-3H3. The molecule has 3 rings (SSSR count). The lowest BCUT2D eigenvalue weighted by atomic mass is 10.1. The van der Waals surface area contributed by atoms with Crippen molar-refractivity contribution in [1.29, 1.82) is 0 Å². The second-order valence-corrected chi connectivity index (χ2v) is 7.86. The number of aromatic nitrogens is 1. The number of esters is 1. The first-order valence-corrected chi connectivity index (χ1v) is 10.4. The van der Waals surface area contributed by atoms with Crippen molar-refractivity contribution in [1.82, 2.24) is 4.57 Å². The zero-order chi connectivity index (χ0) is 21.2. The molecule has 0 unspecified atom stereocenters. The molecule has 0 saturated carbocycles. The van der Waals surface area contributed by atoms with Crippen molar-refractivity contribution in [2.75, 3.05) is 23.2 Å². The number of rotatable bonds is 7. The van der Waals surface area contributed by atoms with Crippen molar-refractivity contribution in [3.63, 3.8) is 0 Å². The quantitative estimate of drug-likeness (QED) is 0.565. The zero-order valence-corrected chi connectivity index (χ0v) is 17.0. The SMILES string of the molecule is CCNc1ccc(C(=O)OCC)cc1NS(=O)(=O)c1ccc2c(c1)oc(=O)n2C. The van der Waals surface area contributed by atoms with Crippen LogP contribution in [0.1, 0.15) is 24.2 Å². The molecule has 154 valence electrons. The van der Waals surface area contributed by atoms with E-state index in [-0.39, 0.29) is 28.3 Å². The summed E-state index contributed by atoms with van der Waals surface area (Å²) in [7, 11) is -2.49. The fraction of sp³-hybridized carbons (Fsp3) is 0.263. The lowest BCUT2D eigenvalue weighted by Crippen LogP contribution is -2.15. The predicted molar refractivity (Wildman–Crippen MR) is 109 cm³/mol. The summed E-state index contributed by atoms with van der Waals surface area (Å²) >= 11 is 0. The first-order chi connectivity index (χ1) is 13.8. The number of hydrogen-bond acceptors (Lipinski definition) is 7. The Morgan fingerprint density at radius 1 is 1.14 bits per heavy atom. The Labute approximate surface area is 167 Å². The van der Waals surface area contributed by atoms with Gasteiger partial charge < -0.3 is 14.5 Å². The molecule has 0 radical (unpaired) electrons. The Balaban J connectivity index is 2.01. The fourth-order valence-corrected chi connectivity index (χ4v) is 3.89. The number of oxazole rings is 1. The normalized spacial score (nSPS) is 11.4. The lowest BCUT2D eigenvalue weighted by molar-refractivity contribution is 0.0526. The van der Waals surface area contributed by atoms with E-state index in [1.807, 2.05) is 6.92 Å². The third-order valence-electron chi connectivity index (χ3n) is 4.22. The molecular formula is C19H21N3O6S. The number of carbonyl (C=O) groups excluding carboxylic acids is 1. The average Bonchev–Trinajstić information content (AvgIpc) is 2.96. The summed E-state index contributed by atoms with van der Waals surface area (Å²) < 4.78 is 39.7. The van der Waals surface area contributed by atoms with Crippen LogP contribution < -0.4 is 15.8 Å². The summed E-state index contributed by atoms with van der Waals surface area (Å²) in [5.41, 5.74) is 1.57. The van der Waals surface area contributed by atoms with E-state index >= 15 is 0 Å². The number of anilines is 2. The number of nitrogens with one attached hydrogen (secondary N) is 2. The number of aryl methyl sites for hydroxylation is 1. The zero-order valence-electron chi connectivity index (χ0n) is 16.2. The second kappa shape index (κ2) is 8.00. The third kappa shape index (κ3) is 4.11. The summed E-state index contributed by atoms with van der Waals surface area (Å²) in [5.74, 6) is -1.14. The molecular weight excluding hydrogens is 398 g/mol. The summed E-state index contributed by atoms with van der Waals surface area (Å²) in [6.45, 7) is 4.31. The van der Waals surface area contributed by atoms with Crippen molar-refractivity contribution in [3.8, 4) is 0 Å². The number of carbonyl (C=O) groups is 1. The first kappa shape index (κ1) is 20.5. The topological polar surface area (TPSA) is 120 Å². The van der Waals surface area contributed by atoms with Crippen LogP contribution in [0.4, 0.5) is 11.4 Å². The molecule has 0 spiro atoms. The van der Waals surface area contributed by atoms with Gasteiger partial charge in [-0.25, -0.2) is 18.0 Å². The molecule has 3 aromatic rings. The van der Waals surface area contributed by atoms with Crippen molar-refractivity contribution in [2.45, 2.75) is 18.7 Å². The van der Waals surface area contributed by atoms with Gasteiger partial charge in [-0.15, -0.1) is 0 Å². The molecule has 2 aromatic carbocycles. The molecule has 0 amide bonds. The van der Waals surface area contributed by atoms with Crippen LogP contribution in [0.2, 0.25) is 0 Å². The molecule has 1 aromatic heterocycles. The second-order valence-electron chi connectivity index (χ2n) is 6.17. The molecule has 0 saturated heterocycles. The van der Waals surface area contributed by atoms with Crippen molar-refractivity contribution >= 4 is 38.5 Å². The number of sulfonamides is 1. The summed E-state index contributed by atoms with van der Waals surface area (Å²) in [5, 5.41) is 3.05. The Hall–Kier alpha value is -3.27. The highest BCUT2D eigenvalue weighted by Gasteiger charge is 2.20. The van der Waals surface area contributed by atoms with Gasteiger partial charge in [-0.1, -0.05) is 0 Å². The maximum absolute atomic E-state index is 12.9. The van der Waals surface area contributed by atoms with Crippen LogP contribution in [0.25, 0.3) is 11.1 Å². The van der Waals surface area contributed by atoms with E-state index in [2.05, 4.69) is 10.0 Å². The van der Waals surface area contributed by atoms with Gasteiger partial charge in [-0.3, -0.25) is 9.29 Å². The Kier molecular flexibility index (Phi) is 5.64. The number of hydrogen-bond donors (Lipinski definition) is 2. The van der Waals surface area contributed by atoms with Crippen molar-refractivity contribution in [2.24, 2.45) is 7.05 Å². The maximum atomic E-state index is 12.9. The van der Waals surface area contributed by atoms with Crippen LogP contribution in [0.5, 0.6) is 0 Å². The molecule has 1 heterocycles. The van der Waals surface area contributed by atoms with E-state index in [1.165, 1.54) is 35.9 Å². The Bertz CT molecular complexity index is 1230. The minimum Gasteiger partial charge on any atom is -0.462 e. The van der Waals surface area contributed by atoms with Gasteiger partial charge in [0, 0.05) is 19.7 Å². The van der Waals surface area contributed by atoms with Crippen LogP contribution in [0.3, 0.4) is 0 Å². The molecule has 0 aliphatic carbocycles. The van der Waals surface area contributed by atoms with Gasteiger partial charge in [-0.2, -0.15) is 0 Å². The molecule has 29 heavy (non-hydrogen) atoms. The van der Waals surface area contributed by atoms with Crippen LogP contribution in [-0.4, -0.2) is 32.1 Å². The van der Waals surface area contributed by atoms with Gasteiger partial charge in [0.1, 0.15) is 0 Å². The molecule has 0 atom stereocenters. The summed E-state index contributed by atoms with van der Waals surface area (Å²) in [4.78, 5) is 23.6. The molecule has 0 aliphatic heterocycles. The van der Waals surface area contributed by atoms with E-state index in [4.69, 9.17) is 9.15 Å². The molecule has 0 bridgehead atoms. The largest absolute Gasteiger partial charge is 0.462 e.